The van der Waals surface area contributed by atoms with Crippen LogP contribution in [0.15, 0.2) is 77.7 Å². The molecule has 0 aliphatic carbocycles. The van der Waals surface area contributed by atoms with Gasteiger partial charge in [0, 0.05) is 21.4 Å². The van der Waals surface area contributed by atoms with E-state index in [1.165, 1.54) is 11.0 Å². The molecule has 166 valence electrons. The van der Waals surface area contributed by atoms with Crippen molar-refractivity contribution in [3.8, 4) is 5.75 Å². The van der Waals surface area contributed by atoms with Crippen LogP contribution in [0.1, 0.15) is 5.56 Å². The van der Waals surface area contributed by atoms with Crippen LogP contribution in [0, 0.1) is 0 Å². The van der Waals surface area contributed by atoms with Gasteiger partial charge >= 0.3 is 0 Å². The van der Waals surface area contributed by atoms with Crippen LogP contribution in [-0.4, -0.2) is 33.2 Å². The Labute approximate surface area is 196 Å². The second-order valence-electron chi connectivity index (χ2n) is 7.30. The molecular formula is C23H21ClN2O4S2. The van der Waals surface area contributed by atoms with E-state index < -0.39 is 22.0 Å². The number of fused-ring (bicyclic) bond motifs is 1. The Hall–Kier alpha value is -2.68. The van der Waals surface area contributed by atoms with Crippen molar-refractivity contribution in [2.45, 2.75) is 16.8 Å². The van der Waals surface area contributed by atoms with Gasteiger partial charge in [-0.15, -0.1) is 11.8 Å². The summed E-state index contributed by atoms with van der Waals surface area (Å²) in [6.45, 7) is -0.135. The number of sulfonamides is 1. The fourth-order valence-electron chi connectivity index (χ4n) is 3.27. The van der Waals surface area contributed by atoms with Crippen LogP contribution < -0.4 is 14.4 Å². The summed E-state index contributed by atoms with van der Waals surface area (Å²) in [6, 6.07) is 22.3. The predicted molar refractivity (Wildman–Crippen MR) is 129 cm³/mol. The Morgan fingerprint density at radius 3 is 2.53 bits per heavy atom. The van der Waals surface area contributed by atoms with Crippen molar-refractivity contribution in [2.24, 2.45) is 0 Å². The number of thioether (sulfide) groups is 1. The van der Waals surface area contributed by atoms with E-state index in [2.05, 4.69) is 17.4 Å². The molecule has 0 saturated heterocycles. The molecule has 1 aliphatic heterocycles. The molecule has 6 nitrogen and oxygen atoms in total. The first-order valence-electron chi connectivity index (χ1n) is 9.81. The topological polar surface area (TPSA) is 75.7 Å². The zero-order valence-corrected chi connectivity index (χ0v) is 19.6. The lowest BCUT2D eigenvalue weighted by Gasteiger charge is -2.34. The Morgan fingerprint density at radius 1 is 1.12 bits per heavy atom. The molecule has 0 aromatic heterocycles. The molecule has 1 aliphatic rings. The minimum atomic E-state index is -3.62. The smallest absolute Gasteiger partial charge is 0.267 e. The lowest BCUT2D eigenvalue weighted by atomic mass is 10.2. The first-order valence-corrected chi connectivity index (χ1v) is 13.0. The lowest BCUT2D eigenvalue weighted by molar-refractivity contribution is -0.122. The molecule has 0 radical (unpaired) electrons. The van der Waals surface area contributed by atoms with Crippen LogP contribution in [0.3, 0.4) is 0 Å². The SMILES string of the molecule is CS(=O)(=O)N1CC(C(=O)Nc2ccc(CSc3ccccc3)cc2)Oc2ccc(Cl)cc21. The van der Waals surface area contributed by atoms with Gasteiger partial charge in [-0.2, -0.15) is 0 Å². The number of nitrogens with zero attached hydrogens (tertiary/aromatic N) is 1. The summed E-state index contributed by atoms with van der Waals surface area (Å²) in [5.74, 6) is 0.678. The van der Waals surface area contributed by atoms with E-state index in [0.717, 1.165) is 21.9 Å². The van der Waals surface area contributed by atoms with Crippen LogP contribution in [-0.2, 0) is 20.6 Å². The molecule has 1 N–H and O–H groups in total. The molecule has 32 heavy (non-hydrogen) atoms. The molecule has 1 unspecified atom stereocenters. The first kappa shape index (κ1) is 22.5. The van der Waals surface area contributed by atoms with E-state index in [4.69, 9.17) is 16.3 Å². The van der Waals surface area contributed by atoms with Gasteiger partial charge in [-0.3, -0.25) is 9.10 Å². The summed E-state index contributed by atoms with van der Waals surface area (Å²) in [5.41, 5.74) is 2.06. The van der Waals surface area contributed by atoms with Crippen LogP contribution in [0.25, 0.3) is 0 Å². The molecule has 4 rings (SSSR count). The fraction of sp³-hybridized carbons (Fsp3) is 0.174. The molecule has 1 atom stereocenters. The lowest BCUT2D eigenvalue weighted by Crippen LogP contribution is -2.48. The molecule has 0 spiro atoms. The van der Waals surface area contributed by atoms with Crippen molar-refractivity contribution < 1.29 is 17.9 Å². The Morgan fingerprint density at radius 2 is 1.84 bits per heavy atom. The largest absolute Gasteiger partial charge is 0.476 e. The van der Waals surface area contributed by atoms with E-state index in [0.29, 0.717) is 22.1 Å². The summed E-state index contributed by atoms with van der Waals surface area (Å²) < 4.78 is 31.5. The zero-order valence-electron chi connectivity index (χ0n) is 17.2. The fourth-order valence-corrected chi connectivity index (χ4v) is 5.21. The number of rotatable bonds is 6. The van der Waals surface area contributed by atoms with Gasteiger partial charge in [-0.1, -0.05) is 41.9 Å². The van der Waals surface area contributed by atoms with Crippen LogP contribution in [0.2, 0.25) is 5.02 Å². The monoisotopic (exact) mass is 488 g/mol. The van der Waals surface area contributed by atoms with Gasteiger partial charge < -0.3 is 10.1 Å². The van der Waals surface area contributed by atoms with Crippen LogP contribution >= 0.6 is 23.4 Å². The average Bonchev–Trinajstić information content (AvgIpc) is 2.78. The summed E-state index contributed by atoms with van der Waals surface area (Å²) in [6.07, 6.45) is 0.0937. The summed E-state index contributed by atoms with van der Waals surface area (Å²) in [5, 5.41) is 3.19. The van der Waals surface area contributed by atoms with Gasteiger partial charge in [0.05, 0.1) is 18.5 Å². The minimum Gasteiger partial charge on any atom is -0.476 e. The second kappa shape index (κ2) is 9.44. The maximum Gasteiger partial charge on any atom is 0.267 e. The van der Waals surface area contributed by atoms with Crippen molar-refractivity contribution >= 4 is 50.7 Å². The molecule has 0 saturated carbocycles. The summed E-state index contributed by atoms with van der Waals surface area (Å²) in [4.78, 5) is 14.0. The number of halogens is 1. The van der Waals surface area contributed by atoms with E-state index in [1.807, 2.05) is 42.5 Å². The number of carbonyl (C=O) groups excluding carboxylic acids is 1. The molecule has 1 amide bonds. The highest BCUT2D eigenvalue weighted by atomic mass is 35.5. The van der Waals surface area contributed by atoms with Crippen molar-refractivity contribution in [2.75, 3.05) is 22.4 Å². The normalized spacial score (nSPS) is 15.6. The second-order valence-corrected chi connectivity index (χ2v) is 10.7. The van der Waals surface area contributed by atoms with Crippen molar-refractivity contribution in [1.82, 2.24) is 0 Å². The van der Waals surface area contributed by atoms with Crippen LogP contribution in [0.5, 0.6) is 5.75 Å². The van der Waals surface area contributed by atoms with Gasteiger partial charge in [0.2, 0.25) is 10.0 Å². The Kier molecular flexibility index (Phi) is 6.64. The Bertz CT molecular complexity index is 1220. The standard InChI is InChI=1S/C23H21ClN2O4S2/c1-32(28,29)26-14-22(30-21-12-9-17(24)13-20(21)26)23(27)25-18-10-7-16(8-11-18)15-31-19-5-3-2-4-6-19/h2-13,22H,14-15H2,1H3,(H,25,27). The number of hydrogen-bond donors (Lipinski definition) is 1. The molecule has 9 heteroatoms. The molecule has 3 aromatic carbocycles. The molecule has 3 aromatic rings. The molecule has 0 bridgehead atoms. The number of nitrogens with one attached hydrogen (secondary N) is 1. The number of carbonyl (C=O) groups is 1. The number of anilines is 2. The molecular weight excluding hydrogens is 468 g/mol. The van der Waals surface area contributed by atoms with Gasteiger partial charge in [-0.25, -0.2) is 8.42 Å². The van der Waals surface area contributed by atoms with Crippen molar-refractivity contribution in [3.05, 3.63) is 83.4 Å². The average molecular weight is 489 g/mol. The summed E-state index contributed by atoms with van der Waals surface area (Å²) >= 11 is 7.74. The van der Waals surface area contributed by atoms with Crippen LogP contribution in [0.4, 0.5) is 11.4 Å². The third-order valence-electron chi connectivity index (χ3n) is 4.85. The van der Waals surface area contributed by atoms with Crippen molar-refractivity contribution in [1.29, 1.82) is 0 Å². The van der Waals surface area contributed by atoms with E-state index in [1.54, 1.807) is 23.9 Å². The number of ether oxygens (including phenoxy) is 1. The van der Waals surface area contributed by atoms with E-state index >= 15 is 0 Å². The van der Waals surface area contributed by atoms with Gasteiger partial charge in [0.15, 0.2) is 6.10 Å². The molecule has 1 heterocycles. The zero-order chi connectivity index (χ0) is 22.7. The summed E-state index contributed by atoms with van der Waals surface area (Å²) in [7, 11) is -3.62. The number of benzene rings is 3. The van der Waals surface area contributed by atoms with E-state index in [9.17, 15) is 13.2 Å². The maximum atomic E-state index is 12.8. The maximum absolute atomic E-state index is 12.8. The van der Waals surface area contributed by atoms with Crippen molar-refractivity contribution in [3.63, 3.8) is 0 Å². The van der Waals surface area contributed by atoms with Gasteiger partial charge in [0.1, 0.15) is 5.75 Å². The van der Waals surface area contributed by atoms with Gasteiger partial charge in [0.25, 0.3) is 5.91 Å². The van der Waals surface area contributed by atoms with Gasteiger partial charge in [-0.05, 0) is 48.0 Å². The molecule has 0 fully saturated rings. The first-order chi connectivity index (χ1) is 15.3. The highest BCUT2D eigenvalue weighted by Crippen LogP contribution is 2.37. The highest BCUT2D eigenvalue weighted by Gasteiger charge is 2.35. The quantitative estimate of drug-likeness (QED) is 0.504. The third-order valence-corrected chi connectivity index (χ3v) is 7.32. The minimum absolute atomic E-state index is 0.135. The highest BCUT2D eigenvalue weighted by molar-refractivity contribution is 7.98. The predicted octanol–water partition coefficient (Wildman–Crippen LogP) is 4.80. The number of amides is 1. The number of hydrogen-bond acceptors (Lipinski definition) is 5. The Balaban J connectivity index is 1.43. The third kappa shape index (κ3) is 5.38. The van der Waals surface area contributed by atoms with E-state index in [-0.39, 0.29) is 6.54 Å².